The number of fused-ring (bicyclic) bond motifs is 5. The Morgan fingerprint density at radius 1 is 1.21 bits per heavy atom. The highest BCUT2D eigenvalue weighted by molar-refractivity contribution is 5.78. The van der Waals surface area contributed by atoms with Crippen molar-refractivity contribution in [2.75, 3.05) is 20.6 Å². The molecule has 0 spiro atoms. The van der Waals surface area contributed by atoms with Crippen LogP contribution < -0.4 is 0 Å². The summed E-state index contributed by atoms with van der Waals surface area (Å²) in [5.41, 5.74) is 5.24. The molecular formula is C29H37FN2O2. The minimum atomic E-state index is -0.277. The largest absolute Gasteiger partial charge is 0.462 e. The van der Waals surface area contributed by atoms with Crippen LogP contribution in [0.15, 0.2) is 47.8 Å². The number of pyridine rings is 1. The topological polar surface area (TPSA) is 42.4 Å². The van der Waals surface area contributed by atoms with Gasteiger partial charge in [-0.1, -0.05) is 43.2 Å². The summed E-state index contributed by atoms with van der Waals surface area (Å²) in [6.45, 7) is 5.51. The maximum absolute atomic E-state index is 13.9. The van der Waals surface area contributed by atoms with Crippen molar-refractivity contribution in [3.05, 3.63) is 59.2 Å². The number of ether oxygens (including phenoxy) is 1. The van der Waals surface area contributed by atoms with E-state index in [-0.39, 0.29) is 28.7 Å². The Morgan fingerprint density at radius 3 is 2.79 bits per heavy atom. The van der Waals surface area contributed by atoms with E-state index in [2.05, 4.69) is 37.1 Å². The van der Waals surface area contributed by atoms with Crippen LogP contribution in [0.5, 0.6) is 0 Å². The van der Waals surface area contributed by atoms with Gasteiger partial charge in [-0.3, -0.25) is 9.78 Å². The van der Waals surface area contributed by atoms with E-state index in [1.54, 1.807) is 12.3 Å². The van der Waals surface area contributed by atoms with Crippen LogP contribution in [0.2, 0.25) is 0 Å². The number of esters is 1. The second kappa shape index (κ2) is 8.75. The van der Waals surface area contributed by atoms with Gasteiger partial charge >= 0.3 is 5.97 Å². The number of hydrogen-bond acceptors (Lipinski definition) is 4. The maximum atomic E-state index is 13.9. The summed E-state index contributed by atoms with van der Waals surface area (Å²) in [5, 5.41) is 0. The smallest absolute Gasteiger partial charge is 0.307 e. The van der Waals surface area contributed by atoms with Gasteiger partial charge in [0.05, 0.1) is 12.6 Å². The van der Waals surface area contributed by atoms with Gasteiger partial charge in [0.2, 0.25) is 0 Å². The third kappa shape index (κ3) is 3.96. The molecule has 4 nitrogen and oxygen atoms in total. The molecule has 0 aliphatic heterocycles. The van der Waals surface area contributed by atoms with Gasteiger partial charge in [-0.25, -0.2) is 4.39 Å². The molecule has 0 radical (unpaired) electrons. The fraction of sp³-hybridized carbons (Fsp3) is 0.586. The molecule has 0 amide bonds. The zero-order chi connectivity index (χ0) is 24.1. The van der Waals surface area contributed by atoms with Gasteiger partial charge in [-0.05, 0) is 80.7 Å². The lowest BCUT2D eigenvalue weighted by molar-refractivity contribution is -0.151. The number of allylic oxidation sites excluding steroid dienone is 5. The third-order valence-electron chi connectivity index (χ3n) is 9.18. The number of rotatable bonds is 5. The van der Waals surface area contributed by atoms with E-state index in [1.165, 1.54) is 29.3 Å². The summed E-state index contributed by atoms with van der Waals surface area (Å²) in [4.78, 5) is 18.4. The first-order valence-electron chi connectivity index (χ1n) is 12.8. The molecular weight excluding hydrogens is 427 g/mol. The molecule has 2 fully saturated rings. The van der Waals surface area contributed by atoms with Crippen LogP contribution in [0.4, 0.5) is 4.39 Å². The summed E-state index contributed by atoms with van der Waals surface area (Å²) < 4.78 is 19.8. The SMILES string of the molecule is CN(C)CCC(=O)O[C@H]1CC[C@@]2(C)C(=CC[C@H]3C4=CC=C(c5cncc(F)c5)[C@@]4(C)CCC32)C1. The summed E-state index contributed by atoms with van der Waals surface area (Å²) in [5.74, 6) is 0.769. The van der Waals surface area contributed by atoms with Crippen molar-refractivity contribution in [1.29, 1.82) is 0 Å². The Morgan fingerprint density at radius 2 is 2.03 bits per heavy atom. The first-order valence-corrected chi connectivity index (χ1v) is 12.8. The minimum Gasteiger partial charge on any atom is -0.462 e. The summed E-state index contributed by atoms with van der Waals surface area (Å²) in [6, 6.07) is 1.62. The fourth-order valence-corrected chi connectivity index (χ4v) is 7.27. The molecule has 5 heteroatoms. The van der Waals surface area contributed by atoms with Crippen LogP contribution in [0.1, 0.15) is 64.4 Å². The Labute approximate surface area is 203 Å². The van der Waals surface area contributed by atoms with Crippen LogP contribution in [0.3, 0.4) is 0 Å². The average Bonchev–Trinajstić information content (AvgIpc) is 3.15. The van der Waals surface area contributed by atoms with Gasteiger partial charge in [0.1, 0.15) is 11.9 Å². The van der Waals surface area contributed by atoms with Crippen LogP contribution >= 0.6 is 0 Å². The first-order chi connectivity index (χ1) is 16.2. The summed E-state index contributed by atoms with van der Waals surface area (Å²) in [7, 11) is 3.95. The van der Waals surface area contributed by atoms with E-state index in [0.29, 0.717) is 18.3 Å². The molecule has 4 aliphatic carbocycles. The van der Waals surface area contributed by atoms with Gasteiger partial charge in [0.15, 0.2) is 0 Å². The number of hydrogen-bond donors (Lipinski definition) is 0. The Hall–Kier alpha value is -2.27. The van der Waals surface area contributed by atoms with E-state index < -0.39 is 0 Å². The van der Waals surface area contributed by atoms with E-state index in [0.717, 1.165) is 44.2 Å². The fourth-order valence-electron chi connectivity index (χ4n) is 7.27. The lowest BCUT2D eigenvalue weighted by Crippen LogP contribution is -2.47. The molecule has 1 aromatic heterocycles. The van der Waals surface area contributed by atoms with Crippen molar-refractivity contribution >= 4 is 11.5 Å². The zero-order valence-corrected chi connectivity index (χ0v) is 20.9. The Kier molecular flexibility index (Phi) is 6.04. The number of carbonyl (C=O) groups excluding carboxylic acids is 1. The van der Waals surface area contributed by atoms with E-state index >= 15 is 0 Å². The number of aromatic nitrogens is 1. The molecule has 5 atom stereocenters. The average molecular weight is 465 g/mol. The molecule has 1 aromatic rings. The Bertz CT molecular complexity index is 1070. The van der Waals surface area contributed by atoms with Gasteiger partial charge < -0.3 is 9.64 Å². The minimum absolute atomic E-state index is 0.0128. The summed E-state index contributed by atoms with van der Waals surface area (Å²) >= 11 is 0. The predicted octanol–water partition coefficient (Wildman–Crippen LogP) is 5.96. The third-order valence-corrected chi connectivity index (χ3v) is 9.18. The van der Waals surface area contributed by atoms with Crippen molar-refractivity contribution in [3.8, 4) is 0 Å². The van der Waals surface area contributed by atoms with E-state index in [1.807, 2.05) is 19.0 Å². The molecule has 0 aromatic carbocycles. The number of carbonyl (C=O) groups is 1. The standard InChI is InChI=1S/C29H37FN2O2/c1-28-12-9-22(34-27(33)11-14-32(3)4)16-20(28)5-6-23-25-8-7-24(19-15-21(30)18-31-17-19)29(25,2)13-10-26(23)28/h5,7-8,15,17-18,22-23,26H,6,9-14,16H2,1-4H3/t22-,23-,26?,28-,29+/m0/s1. The van der Waals surface area contributed by atoms with Gasteiger partial charge in [-0.15, -0.1) is 0 Å². The second-order valence-electron chi connectivity index (χ2n) is 11.5. The predicted molar refractivity (Wildman–Crippen MR) is 132 cm³/mol. The normalized spacial score (nSPS) is 34.4. The first kappa shape index (κ1) is 23.5. The molecule has 4 aliphatic rings. The van der Waals surface area contributed by atoms with Crippen molar-refractivity contribution < 1.29 is 13.9 Å². The molecule has 182 valence electrons. The molecule has 0 bridgehead atoms. The lowest BCUT2D eigenvalue weighted by atomic mass is 9.49. The van der Waals surface area contributed by atoms with Crippen molar-refractivity contribution in [1.82, 2.24) is 9.88 Å². The van der Waals surface area contributed by atoms with Gasteiger partial charge in [0.25, 0.3) is 0 Å². The monoisotopic (exact) mass is 464 g/mol. The molecule has 34 heavy (non-hydrogen) atoms. The highest BCUT2D eigenvalue weighted by Crippen LogP contribution is 2.64. The quantitative estimate of drug-likeness (QED) is 0.398. The molecule has 1 unspecified atom stereocenters. The van der Waals surface area contributed by atoms with Gasteiger partial charge in [-0.2, -0.15) is 0 Å². The molecule has 0 N–H and O–H groups in total. The van der Waals surface area contributed by atoms with Crippen LogP contribution in [0, 0.1) is 28.5 Å². The number of nitrogens with zero attached hydrogens (tertiary/aromatic N) is 2. The highest BCUT2D eigenvalue weighted by atomic mass is 19.1. The van der Waals surface area contributed by atoms with Gasteiger partial charge in [0, 0.05) is 24.6 Å². The Balaban J connectivity index is 1.32. The zero-order valence-electron chi connectivity index (χ0n) is 20.9. The number of halogens is 1. The summed E-state index contributed by atoms with van der Waals surface area (Å²) in [6.07, 6.45) is 16.7. The molecule has 2 saturated carbocycles. The van der Waals surface area contributed by atoms with Crippen molar-refractivity contribution in [2.24, 2.45) is 22.7 Å². The van der Waals surface area contributed by atoms with E-state index in [4.69, 9.17) is 4.74 Å². The lowest BCUT2D eigenvalue weighted by Gasteiger charge is -2.56. The van der Waals surface area contributed by atoms with E-state index in [9.17, 15) is 9.18 Å². The maximum Gasteiger partial charge on any atom is 0.307 e. The molecule has 1 heterocycles. The second-order valence-corrected chi connectivity index (χ2v) is 11.5. The highest BCUT2D eigenvalue weighted by Gasteiger charge is 2.54. The van der Waals surface area contributed by atoms with Crippen LogP contribution in [-0.4, -0.2) is 42.6 Å². The van der Waals surface area contributed by atoms with Crippen LogP contribution in [0.25, 0.3) is 5.57 Å². The molecule has 0 saturated heterocycles. The van der Waals surface area contributed by atoms with Crippen molar-refractivity contribution in [3.63, 3.8) is 0 Å². The molecule has 5 rings (SSSR count). The van der Waals surface area contributed by atoms with Crippen molar-refractivity contribution in [2.45, 2.75) is 64.9 Å². The van der Waals surface area contributed by atoms with Crippen LogP contribution in [-0.2, 0) is 9.53 Å².